The first kappa shape index (κ1) is 11.2. The van der Waals surface area contributed by atoms with Crippen molar-refractivity contribution in [2.45, 2.75) is 19.6 Å². The minimum Gasteiger partial charge on any atom is -0.305 e. The van der Waals surface area contributed by atoms with Gasteiger partial charge in [-0.1, -0.05) is 24.3 Å². The van der Waals surface area contributed by atoms with Crippen LogP contribution >= 0.6 is 0 Å². The van der Waals surface area contributed by atoms with Crippen molar-refractivity contribution in [3.05, 3.63) is 35.4 Å². The van der Waals surface area contributed by atoms with Crippen LogP contribution in [-0.4, -0.2) is 19.0 Å². The SMILES string of the molecule is CC(ON)c1cccc(CN(C)C)c1. The van der Waals surface area contributed by atoms with Crippen LogP contribution in [0.4, 0.5) is 0 Å². The molecule has 0 spiro atoms. The minimum absolute atomic E-state index is 0.0443. The summed E-state index contributed by atoms with van der Waals surface area (Å²) in [5.74, 6) is 5.14. The first-order valence-electron chi connectivity index (χ1n) is 4.72. The van der Waals surface area contributed by atoms with Gasteiger partial charge in [0, 0.05) is 6.54 Å². The van der Waals surface area contributed by atoms with Crippen molar-refractivity contribution >= 4 is 0 Å². The quantitative estimate of drug-likeness (QED) is 0.741. The van der Waals surface area contributed by atoms with Crippen LogP contribution in [0.1, 0.15) is 24.2 Å². The summed E-state index contributed by atoms with van der Waals surface area (Å²) in [6, 6.07) is 8.28. The maximum absolute atomic E-state index is 5.14. The smallest absolute Gasteiger partial charge is 0.101 e. The Morgan fingerprint density at radius 1 is 1.43 bits per heavy atom. The molecule has 0 radical (unpaired) electrons. The van der Waals surface area contributed by atoms with E-state index in [1.165, 1.54) is 5.56 Å². The van der Waals surface area contributed by atoms with Crippen LogP contribution in [-0.2, 0) is 11.4 Å². The lowest BCUT2D eigenvalue weighted by Gasteiger charge is -2.13. The summed E-state index contributed by atoms with van der Waals surface area (Å²) in [6.45, 7) is 2.87. The average Bonchev–Trinajstić information content (AvgIpc) is 2.16. The zero-order valence-electron chi connectivity index (χ0n) is 9.03. The molecule has 0 fully saturated rings. The van der Waals surface area contributed by atoms with E-state index in [2.05, 4.69) is 31.1 Å². The topological polar surface area (TPSA) is 38.5 Å². The van der Waals surface area contributed by atoms with E-state index >= 15 is 0 Å². The molecule has 3 nitrogen and oxygen atoms in total. The summed E-state index contributed by atoms with van der Waals surface area (Å²) in [5, 5.41) is 0. The van der Waals surface area contributed by atoms with Gasteiger partial charge in [-0.3, -0.25) is 4.84 Å². The standard InChI is InChI=1S/C11H18N2O/c1-9(14-12)11-6-4-5-10(7-11)8-13(2)3/h4-7,9H,8,12H2,1-3H3. The van der Waals surface area contributed by atoms with E-state index < -0.39 is 0 Å². The Balaban J connectivity index is 2.78. The van der Waals surface area contributed by atoms with Crippen molar-refractivity contribution < 1.29 is 4.84 Å². The molecule has 0 aliphatic heterocycles. The molecule has 1 aromatic carbocycles. The van der Waals surface area contributed by atoms with Gasteiger partial charge in [0.25, 0.3) is 0 Å². The van der Waals surface area contributed by atoms with Crippen LogP contribution in [0.2, 0.25) is 0 Å². The van der Waals surface area contributed by atoms with Crippen molar-refractivity contribution in [3.8, 4) is 0 Å². The molecule has 0 amide bonds. The summed E-state index contributed by atoms with van der Waals surface area (Å²) < 4.78 is 0. The highest BCUT2D eigenvalue weighted by Gasteiger charge is 2.04. The van der Waals surface area contributed by atoms with Gasteiger partial charge in [-0.2, -0.15) is 0 Å². The van der Waals surface area contributed by atoms with Crippen LogP contribution in [0.15, 0.2) is 24.3 Å². The monoisotopic (exact) mass is 194 g/mol. The molecule has 0 aliphatic rings. The normalized spacial score (nSPS) is 13.2. The summed E-state index contributed by atoms with van der Waals surface area (Å²) in [6.07, 6.45) is -0.0443. The minimum atomic E-state index is -0.0443. The summed E-state index contributed by atoms with van der Waals surface area (Å²) in [7, 11) is 4.10. The predicted octanol–water partition coefficient (Wildman–Crippen LogP) is 1.70. The fourth-order valence-electron chi connectivity index (χ4n) is 1.39. The third kappa shape index (κ3) is 3.10. The Kier molecular flexibility index (Phi) is 4.07. The van der Waals surface area contributed by atoms with Crippen molar-refractivity contribution in [2.75, 3.05) is 14.1 Å². The molecule has 3 heteroatoms. The Bertz CT molecular complexity index is 286. The third-order valence-electron chi connectivity index (χ3n) is 2.12. The van der Waals surface area contributed by atoms with Gasteiger partial charge in [0.1, 0.15) is 6.10 Å². The van der Waals surface area contributed by atoms with Crippen molar-refractivity contribution in [3.63, 3.8) is 0 Å². The van der Waals surface area contributed by atoms with Gasteiger partial charge >= 0.3 is 0 Å². The highest BCUT2D eigenvalue weighted by atomic mass is 16.6. The number of nitrogens with zero attached hydrogens (tertiary/aromatic N) is 1. The van der Waals surface area contributed by atoms with Gasteiger partial charge in [0.15, 0.2) is 0 Å². The van der Waals surface area contributed by atoms with Gasteiger partial charge in [-0.25, -0.2) is 5.90 Å². The van der Waals surface area contributed by atoms with E-state index in [4.69, 9.17) is 10.7 Å². The van der Waals surface area contributed by atoms with Gasteiger partial charge in [-0.05, 0) is 32.1 Å². The second-order valence-corrected chi connectivity index (χ2v) is 3.76. The van der Waals surface area contributed by atoms with Crippen LogP contribution in [0, 0.1) is 0 Å². The molecule has 78 valence electrons. The van der Waals surface area contributed by atoms with E-state index in [9.17, 15) is 0 Å². The number of hydrogen-bond acceptors (Lipinski definition) is 3. The molecule has 2 N–H and O–H groups in total. The first-order chi connectivity index (χ1) is 6.63. The van der Waals surface area contributed by atoms with Crippen LogP contribution in [0.25, 0.3) is 0 Å². The molecule has 0 aromatic heterocycles. The molecular formula is C11H18N2O. The van der Waals surface area contributed by atoms with Gasteiger partial charge < -0.3 is 4.90 Å². The number of hydrogen-bond donors (Lipinski definition) is 1. The zero-order chi connectivity index (χ0) is 10.6. The van der Waals surface area contributed by atoms with Crippen molar-refractivity contribution in [1.82, 2.24) is 4.90 Å². The van der Waals surface area contributed by atoms with Gasteiger partial charge in [0.05, 0.1) is 0 Å². The molecule has 1 aromatic rings. The van der Waals surface area contributed by atoms with Gasteiger partial charge in [-0.15, -0.1) is 0 Å². The Morgan fingerprint density at radius 3 is 2.71 bits per heavy atom. The van der Waals surface area contributed by atoms with Gasteiger partial charge in [0.2, 0.25) is 0 Å². The Morgan fingerprint density at radius 2 is 2.14 bits per heavy atom. The molecule has 0 saturated heterocycles. The lowest BCUT2D eigenvalue weighted by Crippen LogP contribution is -2.11. The van der Waals surface area contributed by atoms with E-state index in [1.807, 2.05) is 19.1 Å². The second-order valence-electron chi connectivity index (χ2n) is 3.76. The zero-order valence-corrected chi connectivity index (χ0v) is 9.03. The molecule has 0 bridgehead atoms. The number of nitrogens with two attached hydrogens (primary N) is 1. The lowest BCUT2D eigenvalue weighted by atomic mass is 10.1. The highest BCUT2D eigenvalue weighted by Crippen LogP contribution is 2.16. The van der Waals surface area contributed by atoms with E-state index in [0.29, 0.717) is 0 Å². The third-order valence-corrected chi connectivity index (χ3v) is 2.12. The summed E-state index contributed by atoms with van der Waals surface area (Å²) in [4.78, 5) is 6.91. The average molecular weight is 194 g/mol. The van der Waals surface area contributed by atoms with Crippen molar-refractivity contribution in [2.24, 2.45) is 5.90 Å². The van der Waals surface area contributed by atoms with Crippen molar-refractivity contribution in [1.29, 1.82) is 0 Å². The molecule has 0 aliphatic carbocycles. The Labute approximate surface area is 85.4 Å². The predicted molar refractivity (Wildman–Crippen MR) is 57.5 cm³/mol. The fourth-order valence-corrected chi connectivity index (χ4v) is 1.39. The molecule has 14 heavy (non-hydrogen) atoms. The van der Waals surface area contributed by atoms with Crippen LogP contribution in [0.5, 0.6) is 0 Å². The number of benzene rings is 1. The molecule has 0 saturated carbocycles. The maximum Gasteiger partial charge on any atom is 0.101 e. The van der Waals surface area contributed by atoms with E-state index in [-0.39, 0.29) is 6.10 Å². The van der Waals surface area contributed by atoms with Crippen LogP contribution in [0.3, 0.4) is 0 Å². The Hall–Kier alpha value is -0.900. The first-order valence-corrected chi connectivity index (χ1v) is 4.72. The molecule has 1 rings (SSSR count). The lowest BCUT2D eigenvalue weighted by molar-refractivity contribution is 0.0663. The van der Waals surface area contributed by atoms with E-state index in [1.54, 1.807) is 0 Å². The molecule has 1 atom stereocenters. The summed E-state index contributed by atoms with van der Waals surface area (Å²) >= 11 is 0. The highest BCUT2D eigenvalue weighted by molar-refractivity contribution is 5.24. The second kappa shape index (κ2) is 5.10. The largest absolute Gasteiger partial charge is 0.305 e. The molecular weight excluding hydrogens is 176 g/mol. The maximum atomic E-state index is 5.14. The van der Waals surface area contributed by atoms with Crippen LogP contribution < -0.4 is 5.90 Å². The molecule has 1 unspecified atom stereocenters. The summed E-state index contributed by atoms with van der Waals surface area (Å²) in [5.41, 5.74) is 2.39. The number of rotatable bonds is 4. The molecule has 0 heterocycles. The van der Waals surface area contributed by atoms with E-state index in [0.717, 1.165) is 12.1 Å². The fraction of sp³-hybridized carbons (Fsp3) is 0.455.